The molecule has 4 N–H and O–H groups in total. The molecule has 0 unspecified atom stereocenters. The third kappa shape index (κ3) is 19.0. The van der Waals surface area contributed by atoms with Gasteiger partial charge in [0, 0.05) is 46.8 Å². The summed E-state index contributed by atoms with van der Waals surface area (Å²) in [7, 11) is 0. The van der Waals surface area contributed by atoms with Crippen LogP contribution in [-0.2, 0) is 38.1 Å². The molecule has 0 aliphatic carbocycles. The van der Waals surface area contributed by atoms with Crippen molar-refractivity contribution < 1.29 is 57.9 Å². The van der Waals surface area contributed by atoms with Crippen molar-refractivity contribution in [3.05, 3.63) is 69.7 Å². The molecule has 0 fully saturated rings. The number of ether oxygens (including phenoxy) is 4. The molecule has 14 nitrogen and oxygen atoms in total. The molecule has 16 heteroatoms. The molecule has 0 radical (unpaired) electrons. The third-order valence-electron chi connectivity index (χ3n) is 7.45. The molecule has 0 saturated carbocycles. The molecular weight excluding hydrogens is 747 g/mol. The molecule has 0 aliphatic rings. The molecule has 0 spiro atoms. The van der Waals surface area contributed by atoms with Crippen LogP contribution in [0.15, 0.2) is 48.5 Å². The zero-order valence-corrected chi connectivity index (χ0v) is 33.3. The van der Waals surface area contributed by atoms with Crippen LogP contribution >= 0.6 is 23.2 Å². The lowest BCUT2D eigenvalue weighted by atomic mass is 9.96. The Morgan fingerprint density at radius 2 is 0.833 bits per heavy atom. The molecular formula is C38H52Cl2N2O12. The van der Waals surface area contributed by atoms with E-state index in [0.717, 1.165) is 11.1 Å². The van der Waals surface area contributed by atoms with Crippen LogP contribution in [0.1, 0.15) is 91.2 Å². The van der Waals surface area contributed by atoms with Gasteiger partial charge in [0.05, 0.1) is 24.7 Å². The molecule has 2 aromatic carbocycles. The molecule has 2 amide bonds. The van der Waals surface area contributed by atoms with Gasteiger partial charge in [0.2, 0.25) is 0 Å². The van der Waals surface area contributed by atoms with Crippen molar-refractivity contribution in [2.45, 2.75) is 92.6 Å². The van der Waals surface area contributed by atoms with Crippen LogP contribution in [0, 0.1) is 23.7 Å². The van der Waals surface area contributed by atoms with Gasteiger partial charge < -0.3 is 39.8 Å². The van der Waals surface area contributed by atoms with Crippen molar-refractivity contribution in [3.63, 3.8) is 0 Å². The van der Waals surface area contributed by atoms with E-state index in [1.165, 1.54) is 0 Å². The summed E-state index contributed by atoms with van der Waals surface area (Å²) in [6.07, 6.45) is -3.94. The predicted octanol–water partition coefficient (Wildman–Crippen LogP) is 7.61. The number of alkyl carbamates (subject to hydrolysis) is 2. The van der Waals surface area contributed by atoms with Gasteiger partial charge in [0.25, 0.3) is 12.6 Å². The molecule has 2 rings (SSSR count). The number of rotatable bonds is 18. The summed E-state index contributed by atoms with van der Waals surface area (Å²) in [6.45, 7) is 13.9. The molecule has 4 atom stereocenters. The van der Waals surface area contributed by atoms with E-state index in [2.05, 4.69) is 10.6 Å². The molecule has 2 aromatic rings. The average Bonchev–Trinajstić information content (AvgIpc) is 3.08. The number of aliphatic carboxylic acids is 2. The van der Waals surface area contributed by atoms with Crippen LogP contribution in [-0.4, -0.2) is 71.9 Å². The van der Waals surface area contributed by atoms with Gasteiger partial charge in [-0.1, -0.05) is 103 Å². The summed E-state index contributed by atoms with van der Waals surface area (Å²) in [5, 5.41) is 24.4. The fourth-order valence-electron chi connectivity index (χ4n) is 4.31. The van der Waals surface area contributed by atoms with Crippen LogP contribution in [0.4, 0.5) is 9.59 Å². The second-order valence-corrected chi connectivity index (χ2v) is 14.5. The first-order chi connectivity index (χ1) is 25.2. The highest BCUT2D eigenvalue weighted by molar-refractivity contribution is 6.30. The number of carboxylic acids is 2. The lowest BCUT2D eigenvalue weighted by molar-refractivity contribution is -0.179. The zero-order chi connectivity index (χ0) is 41.1. The third-order valence-corrected chi connectivity index (χ3v) is 7.96. The molecule has 0 heterocycles. The second-order valence-electron chi connectivity index (χ2n) is 13.7. The fraction of sp³-hybridized carbons (Fsp3) is 0.526. The van der Waals surface area contributed by atoms with Gasteiger partial charge in [0.15, 0.2) is 0 Å². The highest BCUT2D eigenvalue weighted by atomic mass is 35.5. The first kappa shape index (κ1) is 47.5. The van der Waals surface area contributed by atoms with E-state index in [1.54, 1.807) is 104 Å². The average molecular weight is 800 g/mol. The van der Waals surface area contributed by atoms with Crippen molar-refractivity contribution in [1.82, 2.24) is 10.6 Å². The summed E-state index contributed by atoms with van der Waals surface area (Å²) in [4.78, 5) is 69.9. The molecule has 0 bridgehead atoms. The van der Waals surface area contributed by atoms with Gasteiger partial charge >= 0.3 is 36.1 Å². The Kier molecular flexibility index (Phi) is 21.1. The monoisotopic (exact) mass is 798 g/mol. The number of carbonyl (C=O) groups is 6. The molecule has 300 valence electrons. The second kappa shape index (κ2) is 24.0. The van der Waals surface area contributed by atoms with Crippen molar-refractivity contribution in [1.29, 1.82) is 0 Å². The van der Waals surface area contributed by atoms with Crippen molar-refractivity contribution in [2.24, 2.45) is 23.7 Å². The van der Waals surface area contributed by atoms with Crippen LogP contribution in [0.25, 0.3) is 0 Å². The summed E-state index contributed by atoms with van der Waals surface area (Å²) >= 11 is 11.7. The van der Waals surface area contributed by atoms with E-state index in [9.17, 15) is 28.8 Å². The van der Waals surface area contributed by atoms with Gasteiger partial charge in [0.1, 0.15) is 0 Å². The van der Waals surface area contributed by atoms with Crippen LogP contribution in [0.5, 0.6) is 0 Å². The zero-order valence-electron chi connectivity index (χ0n) is 31.8. The largest absolute Gasteiger partial charge is 0.481 e. The summed E-state index contributed by atoms with van der Waals surface area (Å²) in [5.41, 5.74) is 1.46. The maximum absolute atomic E-state index is 12.1. The van der Waals surface area contributed by atoms with Crippen molar-refractivity contribution in [2.75, 3.05) is 13.1 Å². The van der Waals surface area contributed by atoms with E-state index >= 15 is 0 Å². The van der Waals surface area contributed by atoms with Gasteiger partial charge in [-0.2, -0.15) is 0 Å². The van der Waals surface area contributed by atoms with Gasteiger partial charge in [-0.05, 0) is 35.4 Å². The number of nitrogens with one attached hydrogen (secondary N) is 2. The Bertz CT molecular complexity index is 1400. The number of benzene rings is 2. The minimum atomic E-state index is -1.02. The Balaban J connectivity index is 0.000000540. The number of esters is 2. The summed E-state index contributed by atoms with van der Waals surface area (Å²) < 4.78 is 20.7. The minimum absolute atomic E-state index is 0.0513. The van der Waals surface area contributed by atoms with Crippen molar-refractivity contribution >= 4 is 59.3 Å². The topological polar surface area (TPSA) is 204 Å². The van der Waals surface area contributed by atoms with E-state index < -0.39 is 60.5 Å². The highest BCUT2D eigenvalue weighted by Crippen LogP contribution is 2.23. The quantitative estimate of drug-likeness (QED) is 0.0850. The minimum Gasteiger partial charge on any atom is -0.481 e. The number of hydrogen-bond acceptors (Lipinski definition) is 10. The van der Waals surface area contributed by atoms with Crippen LogP contribution in [0.2, 0.25) is 10.0 Å². The number of halogens is 2. The first-order valence-corrected chi connectivity index (χ1v) is 18.2. The molecule has 0 aliphatic heterocycles. The Morgan fingerprint density at radius 1 is 0.537 bits per heavy atom. The van der Waals surface area contributed by atoms with Crippen molar-refractivity contribution in [3.8, 4) is 0 Å². The lowest BCUT2D eigenvalue weighted by Crippen LogP contribution is -2.37. The molecule has 0 saturated heterocycles. The standard InChI is InChI=1S/2C19H26ClNO6/c2*1-11(2)17(24)26-18(12(3)4)27-19(25)21-10-14(9-16(22)23)13-5-7-15(20)8-6-13/h2*5-8,11-12,14,18H,9-10H2,1-4H3,(H,21,25)(H,22,23)/t2*14-,18-/m00/s1. The fourth-order valence-corrected chi connectivity index (χ4v) is 4.56. The van der Waals surface area contributed by atoms with Gasteiger partial charge in [-0.15, -0.1) is 0 Å². The van der Waals surface area contributed by atoms with E-state index in [-0.39, 0.29) is 49.6 Å². The Labute approximate surface area is 326 Å². The van der Waals surface area contributed by atoms with Gasteiger partial charge in [-0.3, -0.25) is 19.2 Å². The number of carbonyl (C=O) groups excluding carboxylic acids is 4. The summed E-state index contributed by atoms with van der Waals surface area (Å²) in [5.74, 6) is -4.98. The Hall–Kier alpha value is -4.56. The number of carboxylic acid groups (broad SMARTS) is 2. The maximum atomic E-state index is 12.1. The SMILES string of the molecule is CC(C)C(=O)O[C@@H](OC(=O)NC[C@H](CC(=O)O)c1ccc(Cl)cc1)C(C)C.CC(C)C(=O)O[C@@H](OC(=O)NC[C@H](CC(=O)O)c1ccc(Cl)cc1)C(C)C. The van der Waals surface area contributed by atoms with Crippen LogP contribution < -0.4 is 10.6 Å². The first-order valence-electron chi connectivity index (χ1n) is 17.4. The van der Waals surface area contributed by atoms with E-state index in [4.69, 9.17) is 52.4 Å². The molecule has 0 aromatic heterocycles. The smallest absolute Gasteiger partial charge is 0.410 e. The maximum Gasteiger partial charge on any atom is 0.410 e. The number of hydrogen-bond donors (Lipinski definition) is 4. The van der Waals surface area contributed by atoms with E-state index in [0.29, 0.717) is 10.0 Å². The predicted molar refractivity (Wildman–Crippen MR) is 201 cm³/mol. The lowest BCUT2D eigenvalue weighted by Gasteiger charge is -2.23. The summed E-state index contributed by atoms with van der Waals surface area (Å²) in [6, 6.07) is 13.5. The normalized spacial score (nSPS) is 13.1. The highest BCUT2D eigenvalue weighted by Gasteiger charge is 2.27. The number of amides is 2. The Morgan fingerprint density at radius 3 is 1.07 bits per heavy atom. The van der Waals surface area contributed by atoms with E-state index in [1.807, 2.05) is 0 Å². The van der Waals surface area contributed by atoms with Crippen LogP contribution in [0.3, 0.4) is 0 Å². The molecule has 54 heavy (non-hydrogen) atoms. The van der Waals surface area contributed by atoms with Gasteiger partial charge in [-0.25, -0.2) is 9.59 Å².